The standard InChI is InChI=1S/C22H23FN2O2S/c1-15-20-18(23)4-3-5-19(20)28-21(15)22(26)24(2)14-16-6-8-17(9-7-16)25-10-12-27-13-11-25/h3-9H,10-14H2,1-2H3. The molecule has 1 aromatic heterocycles. The van der Waals surface area contributed by atoms with Gasteiger partial charge in [0, 0.05) is 42.5 Å². The lowest BCUT2D eigenvalue weighted by Gasteiger charge is -2.29. The fraction of sp³-hybridized carbons (Fsp3) is 0.318. The lowest BCUT2D eigenvalue weighted by Crippen LogP contribution is -2.36. The van der Waals surface area contributed by atoms with Crippen molar-refractivity contribution in [3.63, 3.8) is 0 Å². The normalized spacial score (nSPS) is 14.5. The third-order valence-electron chi connectivity index (χ3n) is 5.18. The highest BCUT2D eigenvalue weighted by atomic mass is 32.1. The first-order valence-corrected chi connectivity index (χ1v) is 10.2. The van der Waals surface area contributed by atoms with Gasteiger partial charge >= 0.3 is 0 Å². The maximum atomic E-state index is 14.1. The van der Waals surface area contributed by atoms with Crippen molar-refractivity contribution < 1.29 is 13.9 Å². The summed E-state index contributed by atoms with van der Waals surface area (Å²) in [5, 5.41) is 0.555. The quantitative estimate of drug-likeness (QED) is 0.651. The van der Waals surface area contributed by atoms with Crippen LogP contribution in [-0.4, -0.2) is 44.2 Å². The van der Waals surface area contributed by atoms with E-state index >= 15 is 0 Å². The summed E-state index contributed by atoms with van der Waals surface area (Å²) in [6, 6.07) is 13.3. The van der Waals surface area contributed by atoms with Gasteiger partial charge < -0.3 is 14.5 Å². The third kappa shape index (κ3) is 3.62. The van der Waals surface area contributed by atoms with Gasteiger partial charge in [0.05, 0.1) is 18.1 Å². The number of thiophene rings is 1. The number of morpholine rings is 1. The molecule has 1 amide bonds. The predicted molar refractivity (Wildman–Crippen MR) is 112 cm³/mol. The molecule has 1 saturated heterocycles. The fourth-order valence-electron chi connectivity index (χ4n) is 3.61. The van der Waals surface area contributed by atoms with E-state index in [1.807, 2.05) is 13.0 Å². The number of anilines is 1. The molecule has 2 heterocycles. The smallest absolute Gasteiger partial charge is 0.264 e. The summed E-state index contributed by atoms with van der Waals surface area (Å²) in [6.07, 6.45) is 0. The van der Waals surface area contributed by atoms with E-state index in [9.17, 15) is 9.18 Å². The Morgan fingerprint density at radius 3 is 2.57 bits per heavy atom. The van der Waals surface area contributed by atoms with Crippen molar-refractivity contribution in [2.24, 2.45) is 0 Å². The number of carbonyl (C=O) groups is 1. The summed E-state index contributed by atoms with van der Waals surface area (Å²) >= 11 is 1.36. The summed E-state index contributed by atoms with van der Waals surface area (Å²) in [4.78, 5) is 17.6. The van der Waals surface area contributed by atoms with Crippen LogP contribution in [0.2, 0.25) is 0 Å². The van der Waals surface area contributed by atoms with Crippen molar-refractivity contribution in [2.45, 2.75) is 13.5 Å². The molecule has 6 heteroatoms. The van der Waals surface area contributed by atoms with Gasteiger partial charge in [-0.25, -0.2) is 4.39 Å². The molecule has 0 bridgehead atoms. The van der Waals surface area contributed by atoms with E-state index in [0.717, 1.165) is 42.1 Å². The monoisotopic (exact) mass is 398 g/mol. The number of rotatable bonds is 4. The van der Waals surface area contributed by atoms with Crippen molar-refractivity contribution in [1.82, 2.24) is 4.90 Å². The van der Waals surface area contributed by atoms with Crippen molar-refractivity contribution in [1.29, 1.82) is 0 Å². The molecule has 1 fully saturated rings. The van der Waals surface area contributed by atoms with Crippen molar-refractivity contribution in [2.75, 3.05) is 38.3 Å². The number of hydrogen-bond donors (Lipinski definition) is 0. The molecule has 0 aliphatic carbocycles. The summed E-state index contributed by atoms with van der Waals surface area (Å²) in [5.41, 5.74) is 2.97. The number of ether oxygens (including phenoxy) is 1. The lowest BCUT2D eigenvalue weighted by molar-refractivity contribution is 0.0789. The van der Waals surface area contributed by atoms with Gasteiger partial charge in [-0.1, -0.05) is 18.2 Å². The van der Waals surface area contributed by atoms with E-state index in [1.165, 1.54) is 23.1 Å². The maximum absolute atomic E-state index is 14.1. The van der Waals surface area contributed by atoms with Gasteiger partial charge in [0.15, 0.2) is 0 Å². The largest absolute Gasteiger partial charge is 0.378 e. The average Bonchev–Trinajstić information content (AvgIpc) is 3.06. The Bertz CT molecular complexity index is 994. The first-order chi connectivity index (χ1) is 13.5. The van der Waals surface area contributed by atoms with E-state index in [2.05, 4.69) is 29.2 Å². The van der Waals surface area contributed by atoms with Crippen molar-refractivity contribution in [3.8, 4) is 0 Å². The van der Waals surface area contributed by atoms with E-state index in [0.29, 0.717) is 16.8 Å². The Balaban J connectivity index is 1.49. The second-order valence-electron chi connectivity index (χ2n) is 7.10. The third-order valence-corrected chi connectivity index (χ3v) is 6.42. The first-order valence-electron chi connectivity index (χ1n) is 9.39. The van der Waals surface area contributed by atoms with Crippen LogP contribution in [0.4, 0.5) is 10.1 Å². The molecule has 0 saturated carbocycles. The summed E-state index contributed by atoms with van der Waals surface area (Å²) in [7, 11) is 1.79. The number of hydrogen-bond acceptors (Lipinski definition) is 4. The summed E-state index contributed by atoms with van der Waals surface area (Å²) in [6.45, 7) is 5.65. The number of benzene rings is 2. The molecule has 0 radical (unpaired) electrons. The van der Waals surface area contributed by atoms with Crippen LogP contribution >= 0.6 is 11.3 Å². The van der Waals surface area contributed by atoms with Crippen molar-refractivity contribution in [3.05, 3.63) is 64.3 Å². The first kappa shape index (κ1) is 18.9. The summed E-state index contributed by atoms with van der Waals surface area (Å²) in [5.74, 6) is -0.345. The zero-order chi connectivity index (χ0) is 19.7. The highest BCUT2D eigenvalue weighted by Gasteiger charge is 2.21. The SMILES string of the molecule is Cc1c(C(=O)N(C)Cc2ccc(N3CCOCC3)cc2)sc2cccc(F)c12. The topological polar surface area (TPSA) is 32.8 Å². The van der Waals surface area contributed by atoms with E-state index in [4.69, 9.17) is 4.74 Å². The second kappa shape index (κ2) is 7.89. The van der Waals surface area contributed by atoms with Crippen LogP contribution in [0.3, 0.4) is 0 Å². The van der Waals surface area contributed by atoms with Gasteiger partial charge in [0.1, 0.15) is 5.82 Å². The molecule has 2 aromatic carbocycles. The number of fused-ring (bicyclic) bond motifs is 1. The number of nitrogens with zero attached hydrogens (tertiary/aromatic N) is 2. The molecule has 0 unspecified atom stereocenters. The number of halogens is 1. The Morgan fingerprint density at radius 2 is 1.89 bits per heavy atom. The fourth-order valence-corrected chi connectivity index (χ4v) is 4.83. The van der Waals surface area contributed by atoms with Gasteiger partial charge in [-0.15, -0.1) is 11.3 Å². The Morgan fingerprint density at radius 1 is 1.18 bits per heavy atom. The van der Waals surface area contributed by atoms with E-state index < -0.39 is 0 Å². The minimum atomic E-state index is -0.272. The molecule has 1 aliphatic heterocycles. The van der Waals surface area contributed by atoms with Crippen LogP contribution in [0.25, 0.3) is 10.1 Å². The Hall–Kier alpha value is -2.44. The van der Waals surface area contributed by atoms with Gasteiger partial charge in [-0.05, 0) is 42.3 Å². The molecule has 3 aromatic rings. The molecule has 0 spiro atoms. The highest BCUT2D eigenvalue weighted by molar-refractivity contribution is 7.21. The van der Waals surface area contributed by atoms with Gasteiger partial charge in [-0.2, -0.15) is 0 Å². The maximum Gasteiger partial charge on any atom is 0.264 e. The van der Waals surface area contributed by atoms with Crippen LogP contribution in [0.15, 0.2) is 42.5 Å². The number of aryl methyl sites for hydroxylation is 1. The van der Waals surface area contributed by atoms with E-state index in [-0.39, 0.29) is 11.7 Å². The zero-order valence-electron chi connectivity index (χ0n) is 16.1. The van der Waals surface area contributed by atoms with Gasteiger partial charge in [0.25, 0.3) is 5.91 Å². The van der Waals surface area contributed by atoms with Crippen molar-refractivity contribution >= 4 is 33.0 Å². The number of carbonyl (C=O) groups excluding carboxylic acids is 1. The highest BCUT2D eigenvalue weighted by Crippen LogP contribution is 2.33. The zero-order valence-corrected chi connectivity index (χ0v) is 16.9. The molecule has 0 atom stereocenters. The molecule has 146 valence electrons. The second-order valence-corrected chi connectivity index (χ2v) is 8.15. The van der Waals surface area contributed by atoms with Gasteiger partial charge in [0.2, 0.25) is 0 Å². The Labute approximate surface area is 168 Å². The number of amides is 1. The molecular weight excluding hydrogens is 375 g/mol. The predicted octanol–water partition coefficient (Wildman–Crippen LogP) is 4.46. The molecular formula is C22H23FN2O2S. The minimum absolute atomic E-state index is 0.0737. The molecule has 4 nitrogen and oxygen atoms in total. The molecule has 28 heavy (non-hydrogen) atoms. The summed E-state index contributed by atoms with van der Waals surface area (Å²) < 4.78 is 20.3. The molecule has 0 N–H and O–H groups in total. The van der Waals surface area contributed by atoms with Crippen LogP contribution in [0, 0.1) is 12.7 Å². The average molecular weight is 399 g/mol. The lowest BCUT2D eigenvalue weighted by atomic mass is 10.1. The minimum Gasteiger partial charge on any atom is -0.378 e. The van der Waals surface area contributed by atoms with Crippen LogP contribution < -0.4 is 4.90 Å². The Kier molecular flexibility index (Phi) is 5.33. The van der Waals surface area contributed by atoms with Crippen LogP contribution in [0.5, 0.6) is 0 Å². The van der Waals surface area contributed by atoms with Crippen LogP contribution in [0.1, 0.15) is 20.8 Å². The molecule has 4 rings (SSSR count). The molecule has 1 aliphatic rings. The van der Waals surface area contributed by atoms with Crippen LogP contribution in [-0.2, 0) is 11.3 Å². The van der Waals surface area contributed by atoms with E-state index in [1.54, 1.807) is 18.0 Å². The van der Waals surface area contributed by atoms with Gasteiger partial charge in [-0.3, -0.25) is 4.79 Å².